The van der Waals surface area contributed by atoms with Crippen LogP contribution in [0.2, 0.25) is 0 Å². The van der Waals surface area contributed by atoms with Crippen LogP contribution in [-0.4, -0.2) is 39.1 Å². The van der Waals surface area contributed by atoms with Crippen molar-refractivity contribution in [2.75, 3.05) is 7.05 Å². The number of carbonyl (C=O) groups excluding carboxylic acids is 1. The van der Waals surface area contributed by atoms with E-state index in [0.29, 0.717) is 5.92 Å². The lowest BCUT2D eigenvalue weighted by atomic mass is 10.2. The van der Waals surface area contributed by atoms with Gasteiger partial charge in [0.2, 0.25) is 5.82 Å². The molecule has 1 amide bonds. The molecule has 106 valence electrons. The number of thiophene rings is 1. The fraction of sp³-hybridized carbons (Fsp3) is 0.500. The third-order valence-corrected chi connectivity index (χ3v) is 4.61. The molecule has 2 aromatic heterocycles. The lowest BCUT2D eigenvalue weighted by molar-refractivity contribution is 0.0732. The summed E-state index contributed by atoms with van der Waals surface area (Å²) in [6, 6.07) is 4.26. The van der Waals surface area contributed by atoms with Crippen molar-refractivity contribution < 1.29 is 4.79 Å². The molecule has 20 heavy (non-hydrogen) atoms. The first-order valence-electron chi connectivity index (χ1n) is 6.87. The molecule has 1 saturated carbocycles. The maximum Gasteiger partial charge on any atom is 0.293 e. The highest BCUT2D eigenvalue weighted by Crippen LogP contribution is 2.37. The van der Waals surface area contributed by atoms with E-state index in [1.807, 2.05) is 20.0 Å². The molecule has 0 saturated heterocycles. The lowest BCUT2D eigenvalue weighted by Crippen LogP contribution is -2.36. The van der Waals surface area contributed by atoms with Gasteiger partial charge in [-0.1, -0.05) is 6.07 Å². The molecule has 0 aromatic carbocycles. The highest BCUT2D eigenvalue weighted by atomic mass is 32.1. The maximum atomic E-state index is 12.4. The van der Waals surface area contributed by atoms with Crippen LogP contribution in [0.15, 0.2) is 17.5 Å². The van der Waals surface area contributed by atoms with Gasteiger partial charge in [0.05, 0.1) is 0 Å². The van der Waals surface area contributed by atoms with Gasteiger partial charge in [0, 0.05) is 30.3 Å². The van der Waals surface area contributed by atoms with Crippen LogP contribution in [0, 0.1) is 0 Å². The summed E-state index contributed by atoms with van der Waals surface area (Å²) in [6.07, 6.45) is 3.15. The largest absolute Gasteiger partial charge is 0.336 e. The number of likely N-dealkylation sites (N-methyl/N-ethyl adjacent to an activating group) is 1. The van der Waals surface area contributed by atoms with Gasteiger partial charge in [-0.2, -0.15) is 0 Å². The summed E-state index contributed by atoms with van der Waals surface area (Å²) in [6.45, 7) is 2.05. The summed E-state index contributed by atoms with van der Waals surface area (Å²) in [4.78, 5) is 19.7. The van der Waals surface area contributed by atoms with E-state index >= 15 is 0 Å². The Morgan fingerprint density at radius 3 is 3.05 bits per heavy atom. The van der Waals surface area contributed by atoms with Crippen LogP contribution < -0.4 is 0 Å². The standard InChI is InChI=1S/C14H18N4OS/c1-9(8-11-4-3-7-20-11)18(2)14(19)13-15-12(16-17-13)10-5-6-10/h3-4,7,9-10H,5-6,8H2,1-2H3,(H,15,16,17). The number of carbonyl (C=O) groups is 1. The Morgan fingerprint density at radius 1 is 1.60 bits per heavy atom. The van der Waals surface area contributed by atoms with Crippen molar-refractivity contribution in [3.8, 4) is 0 Å². The molecule has 1 atom stereocenters. The first-order chi connectivity index (χ1) is 9.65. The minimum atomic E-state index is -0.114. The van der Waals surface area contributed by atoms with Crippen molar-refractivity contribution >= 4 is 17.2 Å². The molecular formula is C14H18N4OS. The molecule has 0 aliphatic heterocycles. The van der Waals surface area contributed by atoms with Gasteiger partial charge in [-0.05, 0) is 31.2 Å². The fourth-order valence-corrected chi connectivity index (χ4v) is 2.95. The molecular weight excluding hydrogens is 272 g/mol. The van der Waals surface area contributed by atoms with E-state index in [1.54, 1.807) is 16.2 Å². The monoisotopic (exact) mass is 290 g/mol. The van der Waals surface area contributed by atoms with Crippen molar-refractivity contribution in [1.82, 2.24) is 20.1 Å². The van der Waals surface area contributed by atoms with Gasteiger partial charge in [0.1, 0.15) is 5.82 Å². The van der Waals surface area contributed by atoms with Gasteiger partial charge in [-0.3, -0.25) is 9.89 Å². The molecule has 1 N–H and O–H groups in total. The van der Waals surface area contributed by atoms with Crippen LogP contribution in [0.3, 0.4) is 0 Å². The molecule has 6 heteroatoms. The van der Waals surface area contributed by atoms with Gasteiger partial charge in [-0.15, -0.1) is 16.4 Å². The quantitative estimate of drug-likeness (QED) is 0.920. The van der Waals surface area contributed by atoms with Crippen LogP contribution in [-0.2, 0) is 6.42 Å². The zero-order valence-corrected chi connectivity index (χ0v) is 12.5. The van der Waals surface area contributed by atoms with Crippen LogP contribution in [0.4, 0.5) is 0 Å². The molecule has 1 aliphatic carbocycles. The van der Waals surface area contributed by atoms with Crippen LogP contribution in [0.1, 0.15) is 47.0 Å². The van der Waals surface area contributed by atoms with E-state index in [9.17, 15) is 4.79 Å². The summed E-state index contributed by atoms with van der Waals surface area (Å²) in [5.41, 5.74) is 0. The number of hydrogen-bond donors (Lipinski definition) is 1. The number of aromatic nitrogens is 3. The second-order valence-electron chi connectivity index (χ2n) is 5.37. The SMILES string of the molecule is CC(Cc1cccs1)N(C)C(=O)c1n[nH]c(C2CC2)n1. The Balaban J connectivity index is 1.65. The van der Waals surface area contributed by atoms with Gasteiger partial charge < -0.3 is 4.90 Å². The Kier molecular flexibility index (Phi) is 3.56. The maximum absolute atomic E-state index is 12.4. The molecule has 3 rings (SSSR count). The second-order valence-corrected chi connectivity index (χ2v) is 6.40. The third kappa shape index (κ3) is 2.75. The number of rotatable bonds is 5. The Bertz CT molecular complexity index is 588. The molecule has 1 fully saturated rings. The molecule has 1 aliphatic rings. The topological polar surface area (TPSA) is 61.9 Å². The van der Waals surface area contributed by atoms with Crippen LogP contribution in [0.5, 0.6) is 0 Å². The lowest BCUT2D eigenvalue weighted by Gasteiger charge is -2.23. The molecule has 2 aromatic rings. The van der Waals surface area contributed by atoms with Crippen molar-refractivity contribution in [2.24, 2.45) is 0 Å². The number of amides is 1. The smallest absolute Gasteiger partial charge is 0.293 e. The molecule has 0 spiro atoms. The van der Waals surface area contributed by atoms with Crippen molar-refractivity contribution in [2.45, 2.75) is 38.1 Å². The molecule has 2 heterocycles. The predicted octanol–water partition coefficient (Wildman–Crippen LogP) is 2.45. The molecule has 1 unspecified atom stereocenters. The fourth-order valence-electron chi connectivity index (χ4n) is 2.12. The number of hydrogen-bond acceptors (Lipinski definition) is 4. The van der Waals surface area contributed by atoms with E-state index in [2.05, 4.69) is 26.6 Å². The van der Waals surface area contributed by atoms with Crippen molar-refractivity contribution in [3.05, 3.63) is 34.0 Å². The van der Waals surface area contributed by atoms with E-state index in [1.165, 1.54) is 4.88 Å². The predicted molar refractivity (Wildman–Crippen MR) is 77.9 cm³/mol. The van der Waals surface area contributed by atoms with Crippen LogP contribution in [0.25, 0.3) is 0 Å². The minimum Gasteiger partial charge on any atom is -0.336 e. The highest BCUT2D eigenvalue weighted by Gasteiger charge is 2.29. The third-order valence-electron chi connectivity index (χ3n) is 3.72. The highest BCUT2D eigenvalue weighted by molar-refractivity contribution is 7.09. The zero-order chi connectivity index (χ0) is 14.1. The summed E-state index contributed by atoms with van der Waals surface area (Å²) in [5, 5.41) is 8.99. The number of nitrogens with zero attached hydrogens (tertiary/aromatic N) is 3. The van der Waals surface area contributed by atoms with Crippen molar-refractivity contribution in [1.29, 1.82) is 0 Å². The minimum absolute atomic E-state index is 0.114. The summed E-state index contributed by atoms with van der Waals surface area (Å²) < 4.78 is 0. The van der Waals surface area contributed by atoms with Gasteiger partial charge in [0.15, 0.2) is 0 Å². The van der Waals surface area contributed by atoms with E-state index < -0.39 is 0 Å². The first kappa shape index (κ1) is 13.3. The summed E-state index contributed by atoms with van der Waals surface area (Å²) in [7, 11) is 1.81. The Labute approximate surface area is 122 Å². The van der Waals surface area contributed by atoms with E-state index in [4.69, 9.17) is 0 Å². The van der Waals surface area contributed by atoms with E-state index in [-0.39, 0.29) is 17.8 Å². The van der Waals surface area contributed by atoms with Gasteiger partial charge in [0.25, 0.3) is 5.91 Å². The molecule has 0 bridgehead atoms. The number of H-pyrrole nitrogens is 1. The number of nitrogens with one attached hydrogen (secondary N) is 1. The average Bonchev–Trinajstić information content (AvgIpc) is 2.97. The summed E-state index contributed by atoms with van der Waals surface area (Å²) in [5.74, 6) is 1.51. The van der Waals surface area contributed by atoms with Crippen LogP contribution >= 0.6 is 11.3 Å². The zero-order valence-electron chi connectivity index (χ0n) is 11.7. The summed E-state index contributed by atoms with van der Waals surface area (Å²) >= 11 is 1.72. The second kappa shape index (κ2) is 5.36. The van der Waals surface area contributed by atoms with E-state index in [0.717, 1.165) is 25.1 Å². The first-order valence-corrected chi connectivity index (χ1v) is 7.75. The van der Waals surface area contributed by atoms with Crippen molar-refractivity contribution in [3.63, 3.8) is 0 Å². The molecule has 5 nitrogen and oxygen atoms in total. The van der Waals surface area contributed by atoms with Gasteiger partial charge >= 0.3 is 0 Å². The molecule has 0 radical (unpaired) electrons. The normalized spacial score (nSPS) is 16.1. The average molecular weight is 290 g/mol. The Morgan fingerprint density at radius 2 is 2.40 bits per heavy atom. The van der Waals surface area contributed by atoms with Gasteiger partial charge in [-0.25, -0.2) is 4.98 Å². The number of aromatic amines is 1. The Hall–Kier alpha value is -1.69.